The van der Waals surface area contributed by atoms with Gasteiger partial charge >= 0.3 is 0 Å². The number of aromatic nitrogens is 4. The number of hydrogen-bond acceptors (Lipinski definition) is 6. The van der Waals surface area contributed by atoms with Crippen LogP contribution in [0.15, 0.2) is 48.8 Å². The van der Waals surface area contributed by atoms with Crippen molar-refractivity contribution in [1.29, 1.82) is 0 Å². The van der Waals surface area contributed by atoms with Gasteiger partial charge in [-0.1, -0.05) is 0 Å². The summed E-state index contributed by atoms with van der Waals surface area (Å²) >= 11 is 5.78. The minimum atomic E-state index is -0.303. The topological polar surface area (TPSA) is 71.2 Å². The van der Waals surface area contributed by atoms with Gasteiger partial charge in [0.25, 0.3) is 0 Å². The molecule has 3 heterocycles. The molecule has 1 saturated heterocycles. The van der Waals surface area contributed by atoms with E-state index in [9.17, 15) is 9.18 Å². The zero-order chi connectivity index (χ0) is 23.4. The molecule has 1 aliphatic rings. The van der Waals surface area contributed by atoms with E-state index in [1.807, 2.05) is 30.5 Å². The Morgan fingerprint density at radius 3 is 2.33 bits per heavy atom. The van der Waals surface area contributed by atoms with Gasteiger partial charge in [0.2, 0.25) is 10.7 Å². The van der Waals surface area contributed by atoms with Gasteiger partial charge in [-0.3, -0.25) is 24.1 Å². The summed E-state index contributed by atoms with van der Waals surface area (Å²) in [5, 5.41) is 7.75. The van der Waals surface area contributed by atoms with Gasteiger partial charge in [0, 0.05) is 50.2 Å². The number of hydrogen-bond donors (Lipinski definition) is 1. The van der Waals surface area contributed by atoms with Gasteiger partial charge < -0.3 is 5.32 Å². The Hall–Kier alpha value is -2.95. The van der Waals surface area contributed by atoms with Crippen LogP contribution in [-0.2, 0) is 11.5 Å². The maximum atomic E-state index is 13.5. The first-order valence-electron chi connectivity index (χ1n) is 11.0. The maximum absolute atomic E-state index is 13.5. The molecule has 3 aromatic rings. The molecular formula is C23H28FN7OS. The summed E-state index contributed by atoms with van der Waals surface area (Å²) in [6, 6.07) is 10.1. The van der Waals surface area contributed by atoms with Crippen LogP contribution < -0.4 is 5.32 Å². The van der Waals surface area contributed by atoms with E-state index in [0.717, 1.165) is 37.4 Å². The van der Waals surface area contributed by atoms with Crippen LogP contribution in [0.25, 0.3) is 17.1 Å². The van der Waals surface area contributed by atoms with Crippen molar-refractivity contribution in [3.63, 3.8) is 0 Å². The Labute approximate surface area is 197 Å². The second-order valence-corrected chi connectivity index (χ2v) is 8.78. The number of piperazine rings is 1. The van der Waals surface area contributed by atoms with Gasteiger partial charge in [-0.15, -0.1) is 5.10 Å². The molecule has 8 nitrogen and oxygen atoms in total. The number of pyridine rings is 1. The van der Waals surface area contributed by atoms with E-state index in [0.29, 0.717) is 23.8 Å². The van der Waals surface area contributed by atoms with Gasteiger partial charge in [-0.25, -0.2) is 9.07 Å². The Morgan fingerprint density at radius 1 is 1.06 bits per heavy atom. The van der Waals surface area contributed by atoms with E-state index in [4.69, 9.17) is 17.3 Å². The Bertz CT molecular complexity index is 1140. The van der Waals surface area contributed by atoms with Crippen molar-refractivity contribution in [2.75, 3.05) is 32.7 Å². The number of halogens is 1. The fraction of sp³-hybridized carbons (Fsp3) is 0.391. The van der Waals surface area contributed by atoms with E-state index >= 15 is 0 Å². The first-order chi connectivity index (χ1) is 15.9. The van der Waals surface area contributed by atoms with Crippen LogP contribution in [0, 0.1) is 10.6 Å². The lowest BCUT2D eigenvalue weighted by molar-refractivity contribution is -0.123. The monoisotopic (exact) mass is 469 g/mol. The van der Waals surface area contributed by atoms with Gasteiger partial charge in [-0.05, 0) is 62.5 Å². The third-order valence-electron chi connectivity index (χ3n) is 5.48. The molecule has 0 radical (unpaired) electrons. The average molecular weight is 470 g/mol. The highest BCUT2D eigenvalue weighted by Gasteiger charge is 2.21. The number of carbonyl (C=O) groups is 1. The van der Waals surface area contributed by atoms with Gasteiger partial charge in [0.05, 0.1) is 18.9 Å². The standard InChI is InChI=1S/C23H28FN7OS/c1-17(2)26-21(32)15-28-11-13-29(14-12-28)16-30-23(33)31(20-5-3-19(24)4-6-20)22(27-30)18-7-9-25-10-8-18/h3-10,17H,11-16H2,1-2H3,(H,26,32). The molecule has 1 aliphatic heterocycles. The van der Waals surface area contributed by atoms with Crippen molar-refractivity contribution in [2.45, 2.75) is 26.6 Å². The van der Waals surface area contributed by atoms with Crippen molar-refractivity contribution < 1.29 is 9.18 Å². The van der Waals surface area contributed by atoms with Crippen LogP contribution in [0.4, 0.5) is 4.39 Å². The normalized spacial score (nSPS) is 15.2. The molecule has 4 rings (SSSR count). The maximum Gasteiger partial charge on any atom is 0.234 e. The molecule has 0 bridgehead atoms. The van der Waals surface area contributed by atoms with E-state index < -0.39 is 0 Å². The molecule has 174 valence electrons. The van der Waals surface area contributed by atoms with Crippen LogP contribution in [0.2, 0.25) is 0 Å². The first kappa shape index (κ1) is 23.2. The number of nitrogens with zero attached hydrogens (tertiary/aromatic N) is 6. The lowest BCUT2D eigenvalue weighted by Crippen LogP contribution is -2.50. The molecule has 0 saturated carbocycles. The number of benzene rings is 1. The van der Waals surface area contributed by atoms with Crippen LogP contribution in [0.5, 0.6) is 0 Å². The van der Waals surface area contributed by atoms with Crippen molar-refractivity contribution >= 4 is 18.1 Å². The van der Waals surface area contributed by atoms with Crippen LogP contribution in [0.3, 0.4) is 0 Å². The van der Waals surface area contributed by atoms with Gasteiger partial charge in [0.15, 0.2) is 5.82 Å². The van der Waals surface area contributed by atoms with Crippen molar-refractivity contribution in [3.8, 4) is 17.1 Å². The average Bonchev–Trinajstić information content (AvgIpc) is 3.12. The highest BCUT2D eigenvalue weighted by molar-refractivity contribution is 7.71. The number of amides is 1. The SMILES string of the molecule is CC(C)NC(=O)CN1CCN(Cn2nc(-c3ccncc3)n(-c3ccc(F)cc3)c2=S)CC1. The fourth-order valence-electron chi connectivity index (χ4n) is 3.86. The second-order valence-electron chi connectivity index (χ2n) is 8.41. The molecule has 10 heteroatoms. The summed E-state index contributed by atoms with van der Waals surface area (Å²) in [5.41, 5.74) is 1.63. The minimum absolute atomic E-state index is 0.0562. The molecule has 0 aliphatic carbocycles. The lowest BCUT2D eigenvalue weighted by Gasteiger charge is -2.34. The first-order valence-corrected chi connectivity index (χ1v) is 11.4. The number of rotatable bonds is 7. The summed E-state index contributed by atoms with van der Waals surface area (Å²) in [5.74, 6) is 0.432. The Balaban J connectivity index is 1.52. The van der Waals surface area contributed by atoms with Crippen molar-refractivity contribution in [2.24, 2.45) is 0 Å². The molecule has 0 spiro atoms. The van der Waals surface area contributed by atoms with Gasteiger partial charge in [0.1, 0.15) is 5.82 Å². The minimum Gasteiger partial charge on any atom is -0.353 e. The van der Waals surface area contributed by atoms with Crippen LogP contribution in [0.1, 0.15) is 13.8 Å². The molecule has 0 unspecified atom stereocenters. The smallest absolute Gasteiger partial charge is 0.234 e. The van der Waals surface area contributed by atoms with E-state index in [2.05, 4.69) is 20.1 Å². The highest BCUT2D eigenvalue weighted by atomic mass is 32.1. The van der Waals surface area contributed by atoms with Crippen molar-refractivity contribution in [1.82, 2.24) is 34.4 Å². The highest BCUT2D eigenvalue weighted by Crippen LogP contribution is 2.23. The van der Waals surface area contributed by atoms with E-state index in [1.165, 1.54) is 12.1 Å². The predicted molar refractivity (Wildman–Crippen MR) is 127 cm³/mol. The Morgan fingerprint density at radius 2 is 1.70 bits per heavy atom. The molecule has 33 heavy (non-hydrogen) atoms. The van der Waals surface area contributed by atoms with Gasteiger partial charge in [-0.2, -0.15) is 0 Å². The van der Waals surface area contributed by atoms with Crippen LogP contribution in [-0.4, -0.2) is 73.8 Å². The molecule has 1 amide bonds. The zero-order valence-electron chi connectivity index (χ0n) is 18.8. The third-order valence-corrected chi connectivity index (χ3v) is 5.87. The molecule has 1 N–H and O–H groups in total. The van der Waals surface area contributed by atoms with Crippen LogP contribution >= 0.6 is 12.2 Å². The fourth-order valence-corrected chi connectivity index (χ4v) is 4.15. The lowest BCUT2D eigenvalue weighted by atomic mass is 10.2. The summed E-state index contributed by atoms with van der Waals surface area (Å²) in [7, 11) is 0. The molecule has 0 atom stereocenters. The van der Waals surface area contributed by atoms with E-state index in [1.54, 1.807) is 29.2 Å². The largest absolute Gasteiger partial charge is 0.353 e. The quantitative estimate of drug-likeness (QED) is 0.537. The summed E-state index contributed by atoms with van der Waals surface area (Å²) in [6.07, 6.45) is 3.42. The third kappa shape index (κ3) is 5.70. The number of carbonyl (C=O) groups excluding carboxylic acids is 1. The Kier molecular flexibility index (Phi) is 7.26. The predicted octanol–water partition coefficient (Wildman–Crippen LogP) is 2.70. The molecule has 1 fully saturated rings. The molecule has 2 aromatic heterocycles. The molecular weight excluding hydrogens is 441 g/mol. The number of nitrogens with one attached hydrogen (secondary N) is 1. The molecule has 1 aromatic carbocycles. The summed E-state index contributed by atoms with van der Waals surface area (Å²) in [6.45, 7) is 8.10. The van der Waals surface area contributed by atoms with Crippen molar-refractivity contribution in [3.05, 3.63) is 59.4 Å². The summed E-state index contributed by atoms with van der Waals surface area (Å²) in [4.78, 5) is 20.6. The summed E-state index contributed by atoms with van der Waals surface area (Å²) < 4.78 is 17.7. The zero-order valence-corrected chi connectivity index (χ0v) is 19.6. The van der Waals surface area contributed by atoms with E-state index in [-0.39, 0.29) is 17.8 Å². The second kappa shape index (κ2) is 10.3.